The van der Waals surface area contributed by atoms with Crippen molar-refractivity contribution in [3.05, 3.63) is 0 Å². The van der Waals surface area contributed by atoms with E-state index in [4.69, 9.17) is 9.84 Å². The van der Waals surface area contributed by atoms with Crippen molar-refractivity contribution in [3.63, 3.8) is 0 Å². The Balaban J connectivity index is 2.23. The first-order chi connectivity index (χ1) is 8.17. The summed E-state index contributed by atoms with van der Waals surface area (Å²) in [5, 5.41) is 13.9. The van der Waals surface area contributed by atoms with Crippen molar-refractivity contribution < 1.29 is 19.4 Å². The molecule has 0 bridgehead atoms. The van der Waals surface area contributed by atoms with Crippen molar-refractivity contribution in [1.82, 2.24) is 10.6 Å². The average Bonchev–Trinajstić information content (AvgIpc) is 2.85. The maximum Gasteiger partial charge on any atom is 0.309 e. The maximum absolute atomic E-state index is 11.4. The summed E-state index contributed by atoms with van der Waals surface area (Å²) in [5.74, 6) is -1.38. The molecule has 0 spiro atoms. The highest BCUT2D eigenvalue weighted by Gasteiger charge is 2.20. The molecular formula is C11H20N2O4. The minimum atomic E-state index is -0.705. The average molecular weight is 244 g/mol. The Bertz CT molecular complexity index is 260. The van der Waals surface area contributed by atoms with Gasteiger partial charge in [-0.05, 0) is 19.3 Å². The van der Waals surface area contributed by atoms with Crippen molar-refractivity contribution in [3.8, 4) is 0 Å². The predicted octanol–water partition coefficient (Wildman–Crippen LogP) is -0.831. The van der Waals surface area contributed by atoms with Gasteiger partial charge in [-0.15, -0.1) is 0 Å². The summed E-state index contributed by atoms with van der Waals surface area (Å²) < 4.78 is 5.32. The van der Waals surface area contributed by atoms with Crippen molar-refractivity contribution in [2.75, 3.05) is 19.8 Å². The normalized spacial score (nSPS) is 20.9. The second-order valence-corrected chi connectivity index (χ2v) is 4.11. The van der Waals surface area contributed by atoms with Gasteiger partial charge in [0.2, 0.25) is 0 Å². The highest BCUT2D eigenvalue weighted by Crippen LogP contribution is 2.10. The Hall–Kier alpha value is -1.14. The van der Waals surface area contributed by atoms with E-state index in [9.17, 15) is 9.59 Å². The third kappa shape index (κ3) is 4.70. The molecule has 1 rings (SSSR count). The maximum atomic E-state index is 11.4. The quantitative estimate of drug-likeness (QED) is 0.551. The van der Waals surface area contributed by atoms with Crippen LogP contribution in [0.25, 0.3) is 0 Å². The lowest BCUT2D eigenvalue weighted by molar-refractivity contribution is -0.140. The smallest absolute Gasteiger partial charge is 0.309 e. The Labute approximate surface area is 101 Å². The molecule has 98 valence electrons. The molecule has 0 aromatic rings. The van der Waals surface area contributed by atoms with Crippen LogP contribution in [0.4, 0.5) is 0 Å². The van der Waals surface area contributed by atoms with Gasteiger partial charge in [-0.25, -0.2) is 0 Å². The van der Waals surface area contributed by atoms with Crippen molar-refractivity contribution in [1.29, 1.82) is 0 Å². The lowest BCUT2D eigenvalue weighted by Gasteiger charge is -2.14. The molecule has 0 aliphatic carbocycles. The lowest BCUT2D eigenvalue weighted by atomic mass is 10.2. The molecule has 0 unspecified atom stereocenters. The molecule has 0 aromatic heterocycles. The van der Waals surface area contributed by atoms with Crippen LogP contribution in [0.5, 0.6) is 0 Å². The van der Waals surface area contributed by atoms with Gasteiger partial charge < -0.3 is 20.5 Å². The Morgan fingerprint density at radius 2 is 2.24 bits per heavy atom. The zero-order valence-corrected chi connectivity index (χ0v) is 10.1. The fourth-order valence-electron chi connectivity index (χ4n) is 1.62. The van der Waals surface area contributed by atoms with Gasteiger partial charge in [0, 0.05) is 13.2 Å². The molecule has 0 aromatic carbocycles. The number of nitrogens with one attached hydrogen (secondary N) is 2. The number of ether oxygens (including phenoxy) is 1. The van der Waals surface area contributed by atoms with Crippen LogP contribution in [0.3, 0.4) is 0 Å². The Kier molecular flexibility index (Phi) is 5.93. The number of aliphatic hydroxyl groups is 1. The topological polar surface area (TPSA) is 87.7 Å². The van der Waals surface area contributed by atoms with E-state index in [1.54, 1.807) is 0 Å². The van der Waals surface area contributed by atoms with Crippen LogP contribution < -0.4 is 10.6 Å². The summed E-state index contributed by atoms with van der Waals surface area (Å²) in [7, 11) is 0. The van der Waals surface area contributed by atoms with E-state index < -0.39 is 11.8 Å². The molecule has 2 atom stereocenters. The zero-order chi connectivity index (χ0) is 12.7. The van der Waals surface area contributed by atoms with Crippen molar-refractivity contribution in [2.45, 2.75) is 38.3 Å². The summed E-state index contributed by atoms with van der Waals surface area (Å²) in [5.41, 5.74) is 0. The molecule has 17 heavy (non-hydrogen) atoms. The molecule has 6 nitrogen and oxygen atoms in total. The fraction of sp³-hybridized carbons (Fsp3) is 0.818. The van der Waals surface area contributed by atoms with Gasteiger partial charge in [-0.2, -0.15) is 0 Å². The van der Waals surface area contributed by atoms with Gasteiger partial charge in [0.1, 0.15) is 0 Å². The van der Waals surface area contributed by atoms with Gasteiger partial charge in [0.15, 0.2) is 0 Å². The van der Waals surface area contributed by atoms with Crippen molar-refractivity contribution >= 4 is 11.8 Å². The van der Waals surface area contributed by atoms with Gasteiger partial charge in [-0.1, -0.05) is 6.92 Å². The van der Waals surface area contributed by atoms with E-state index >= 15 is 0 Å². The zero-order valence-electron chi connectivity index (χ0n) is 10.1. The Morgan fingerprint density at radius 1 is 1.47 bits per heavy atom. The number of carbonyl (C=O) groups excluding carboxylic acids is 2. The second-order valence-electron chi connectivity index (χ2n) is 4.11. The lowest BCUT2D eigenvalue weighted by Crippen LogP contribution is -2.47. The number of hydrogen-bond donors (Lipinski definition) is 3. The van der Waals surface area contributed by atoms with Gasteiger partial charge in [0.05, 0.1) is 18.8 Å². The van der Waals surface area contributed by atoms with E-state index in [1.165, 1.54) is 0 Å². The molecule has 0 saturated carbocycles. The van der Waals surface area contributed by atoms with E-state index in [0.29, 0.717) is 13.0 Å². The minimum Gasteiger partial charge on any atom is -0.394 e. The SMILES string of the molecule is CC[C@H](CO)NC(=O)C(=O)NC[C@H]1CCCO1. The molecule has 3 N–H and O–H groups in total. The molecule has 1 aliphatic rings. The molecule has 1 heterocycles. The number of aliphatic hydroxyl groups excluding tert-OH is 1. The summed E-state index contributed by atoms with van der Waals surface area (Å²) in [6.45, 7) is 2.74. The van der Waals surface area contributed by atoms with E-state index in [1.807, 2.05) is 6.92 Å². The number of amides is 2. The first-order valence-corrected chi connectivity index (χ1v) is 5.98. The second kappa shape index (κ2) is 7.24. The summed E-state index contributed by atoms with van der Waals surface area (Å²) in [6, 6.07) is -0.365. The molecule has 1 fully saturated rings. The molecular weight excluding hydrogens is 224 g/mol. The van der Waals surface area contributed by atoms with E-state index in [0.717, 1.165) is 19.4 Å². The number of hydrogen-bond acceptors (Lipinski definition) is 4. The molecule has 1 aliphatic heterocycles. The number of carbonyl (C=O) groups is 2. The largest absolute Gasteiger partial charge is 0.394 e. The van der Waals surface area contributed by atoms with Gasteiger partial charge in [-0.3, -0.25) is 9.59 Å². The van der Waals surface area contributed by atoms with Crippen LogP contribution in [-0.4, -0.2) is 48.8 Å². The molecule has 2 amide bonds. The summed E-state index contributed by atoms with van der Waals surface area (Å²) >= 11 is 0. The third-order valence-electron chi connectivity index (χ3n) is 2.77. The highest BCUT2D eigenvalue weighted by molar-refractivity contribution is 6.35. The Morgan fingerprint density at radius 3 is 2.76 bits per heavy atom. The van der Waals surface area contributed by atoms with E-state index in [2.05, 4.69) is 10.6 Å². The van der Waals surface area contributed by atoms with Crippen molar-refractivity contribution in [2.24, 2.45) is 0 Å². The van der Waals surface area contributed by atoms with Crippen LogP contribution in [-0.2, 0) is 14.3 Å². The van der Waals surface area contributed by atoms with Gasteiger partial charge >= 0.3 is 11.8 Å². The van der Waals surface area contributed by atoms with Crippen LogP contribution in [0.1, 0.15) is 26.2 Å². The predicted molar refractivity (Wildman–Crippen MR) is 61.3 cm³/mol. The minimum absolute atomic E-state index is 0.0200. The van der Waals surface area contributed by atoms with E-state index in [-0.39, 0.29) is 18.8 Å². The van der Waals surface area contributed by atoms with Gasteiger partial charge in [0.25, 0.3) is 0 Å². The summed E-state index contributed by atoms with van der Waals surface area (Å²) in [4.78, 5) is 22.8. The highest BCUT2D eigenvalue weighted by atomic mass is 16.5. The monoisotopic (exact) mass is 244 g/mol. The number of rotatable bonds is 5. The van der Waals surface area contributed by atoms with Crippen LogP contribution >= 0.6 is 0 Å². The van der Waals surface area contributed by atoms with Crippen LogP contribution in [0.15, 0.2) is 0 Å². The molecule has 1 saturated heterocycles. The molecule has 0 radical (unpaired) electrons. The standard InChI is InChI=1S/C11H20N2O4/c1-2-8(7-14)13-11(16)10(15)12-6-9-4-3-5-17-9/h8-9,14H,2-7H2,1H3,(H,12,15)(H,13,16)/t8-,9-/m1/s1. The first-order valence-electron chi connectivity index (χ1n) is 5.98. The third-order valence-corrected chi connectivity index (χ3v) is 2.77. The van der Waals surface area contributed by atoms with Crippen LogP contribution in [0.2, 0.25) is 0 Å². The molecule has 6 heteroatoms. The summed E-state index contributed by atoms with van der Waals surface area (Å²) in [6.07, 6.45) is 2.51. The van der Waals surface area contributed by atoms with Crippen LogP contribution in [0, 0.1) is 0 Å². The fourth-order valence-corrected chi connectivity index (χ4v) is 1.62. The first kappa shape index (κ1) is 13.9.